The Morgan fingerprint density at radius 3 is 2.52 bits per heavy atom. The summed E-state index contributed by atoms with van der Waals surface area (Å²) in [5.74, 6) is -2.49. The summed E-state index contributed by atoms with van der Waals surface area (Å²) in [7, 11) is 0. The molecule has 1 saturated heterocycles. The molecule has 5 rings (SSSR count). The monoisotopic (exact) mass is 642 g/mol. The maximum absolute atomic E-state index is 13.4. The number of nitrogens with one attached hydrogen (secondary N) is 2. The van der Waals surface area contributed by atoms with Crippen LogP contribution in [-0.2, 0) is 17.8 Å². The molecule has 2 aliphatic rings. The number of aliphatic carboxylic acids is 1. The number of nitriles is 1. The molecule has 0 radical (unpaired) electrons. The molecule has 230 valence electrons. The summed E-state index contributed by atoms with van der Waals surface area (Å²) in [5, 5.41) is 44.9. The van der Waals surface area contributed by atoms with Crippen LogP contribution in [0.5, 0.6) is 0 Å². The van der Waals surface area contributed by atoms with E-state index >= 15 is 0 Å². The fraction of sp³-hybridized carbons (Fsp3) is 0.345. The summed E-state index contributed by atoms with van der Waals surface area (Å²) < 4.78 is 5.41. The van der Waals surface area contributed by atoms with Crippen molar-refractivity contribution in [1.82, 2.24) is 20.4 Å². The summed E-state index contributed by atoms with van der Waals surface area (Å²) in [6, 6.07) is 6.04. The predicted octanol–water partition coefficient (Wildman–Crippen LogP) is 1.97. The van der Waals surface area contributed by atoms with Crippen LogP contribution in [0.4, 0.5) is 0 Å². The molecule has 1 unspecified atom stereocenters. The number of hydrogen-bond acceptors (Lipinski definition) is 8. The molecule has 1 fully saturated rings. The average molecular weight is 643 g/mol. The van der Waals surface area contributed by atoms with Crippen LogP contribution in [0.3, 0.4) is 0 Å². The molecule has 13 nitrogen and oxygen atoms in total. The number of carboxylic acids is 1. The van der Waals surface area contributed by atoms with Gasteiger partial charge in [0.25, 0.3) is 11.8 Å². The summed E-state index contributed by atoms with van der Waals surface area (Å²) >= 11 is 13.2. The minimum Gasteiger partial charge on any atom is -0.480 e. The van der Waals surface area contributed by atoms with Gasteiger partial charge < -0.3 is 40.2 Å². The topological polar surface area (TPSA) is 192 Å². The third-order valence-corrected chi connectivity index (χ3v) is 8.46. The van der Waals surface area contributed by atoms with E-state index in [0.717, 1.165) is 5.39 Å². The van der Waals surface area contributed by atoms with Crippen molar-refractivity contribution in [2.24, 2.45) is 4.99 Å². The van der Waals surface area contributed by atoms with E-state index in [1.54, 1.807) is 41.6 Å². The third kappa shape index (κ3) is 6.15. The Kier molecular flexibility index (Phi) is 8.98. The number of rotatable bonds is 6. The SMILES string of the molecule is CC(NC(=NC#N)N1C[C@@H](O)[C@H](O)C1)[C@H](NC(=O)c1c(Cl)cc2c(c1Cl)CCN(C(=O)c1ccc3ccoc3c1)C2)C(=O)O. The standard InChI is InChI=1S/C29H28Cl2N6O7/c1-14(34-29(33-13-32)37-11-20(38)21(39)12-37)25(28(42)43)35-26(40)23-19(30)8-17-10-36(6-4-18(17)24(23)31)27(41)16-3-2-15-5-7-44-22(15)9-16/h2-3,5,7-9,14,20-21,25,38-39H,4,6,10-12H2,1H3,(H,33,34)(H,35,40)(H,42,43)/t14?,20-,21-,25+/m1/s1. The molecule has 3 aromatic rings. The number of halogens is 2. The van der Waals surface area contributed by atoms with Crippen molar-refractivity contribution < 1.29 is 34.1 Å². The van der Waals surface area contributed by atoms with Crippen molar-refractivity contribution >= 4 is 57.9 Å². The number of carboxylic acid groups (broad SMARTS) is 1. The second kappa shape index (κ2) is 12.7. The second-order valence-electron chi connectivity index (χ2n) is 10.6. The zero-order valence-electron chi connectivity index (χ0n) is 23.3. The molecule has 1 aromatic heterocycles. The van der Waals surface area contributed by atoms with E-state index in [-0.39, 0.29) is 47.1 Å². The molecule has 2 aliphatic heterocycles. The third-order valence-electron chi connectivity index (χ3n) is 7.75. The lowest BCUT2D eigenvalue weighted by atomic mass is 9.95. The first kappa shape index (κ1) is 31.1. The van der Waals surface area contributed by atoms with Gasteiger partial charge in [-0.05, 0) is 48.7 Å². The molecular formula is C29H28Cl2N6O7. The van der Waals surface area contributed by atoms with Gasteiger partial charge in [-0.25, -0.2) is 4.79 Å². The Bertz CT molecular complexity index is 1690. The van der Waals surface area contributed by atoms with Crippen LogP contribution in [0.1, 0.15) is 38.8 Å². The zero-order valence-corrected chi connectivity index (χ0v) is 24.8. The van der Waals surface area contributed by atoms with Gasteiger partial charge in [0.2, 0.25) is 12.2 Å². The van der Waals surface area contributed by atoms with Gasteiger partial charge in [-0.15, -0.1) is 4.99 Å². The highest BCUT2D eigenvalue weighted by Gasteiger charge is 2.35. The zero-order chi connectivity index (χ0) is 31.7. The molecule has 0 bridgehead atoms. The highest BCUT2D eigenvalue weighted by molar-refractivity contribution is 6.40. The first-order valence-corrected chi connectivity index (χ1v) is 14.4. The van der Waals surface area contributed by atoms with Crippen molar-refractivity contribution in [3.8, 4) is 6.19 Å². The van der Waals surface area contributed by atoms with Crippen molar-refractivity contribution in [2.75, 3.05) is 19.6 Å². The van der Waals surface area contributed by atoms with Gasteiger partial charge >= 0.3 is 5.97 Å². The molecule has 15 heteroatoms. The van der Waals surface area contributed by atoms with E-state index in [1.807, 2.05) is 6.07 Å². The van der Waals surface area contributed by atoms with Crippen LogP contribution >= 0.6 is 23.2 Å². The highest BCUT2D eigenvalue weighted by atomic mass is 35.5. The number of carbonyl (C=O) groups is 3. The van der Waals surface area contributed by atoms with Gasteiger partial charge in [-0.3, -0.25) is 9.59 Å². The normalized spacial score (nSPS) is 19.7. The van der Waals surface area contributed by atoms with Gasteiger partial charge in [-0.1, -0.05) is 29.3 Å². The van der Waals surface area contributed by atoms with Gasteiger partial charge in [0.15, 0.2) is 0 Å². The predicted molar refractivity (Wildman–Crippen MR) is 159 cm³/mol. The summed E-state index contributed by atoms with van der Waals surface area (Å²) in [6.07, 6.45) is 1.35. The summed E-state index contributed by atoms with van der Waals surface area (Å²) in [6.45, 7) is 1.91. The quantitative estimate of drug-likeness (QED) is 0.151. The van der Waals surface area contributed by atoms with Crippen molar-refractivity contribution in [3.05, 3.63) is 68.9 Å². The van der Waals surface area contributed by atoms with E-state index in [2.05, 4.69) is 15.6 Å². The first-order valence-electron chi connectivity index (χ1n) is 13.6. The molecule has 4 atom stereocenters. The van der Waals surface area contributed by atoms with Crippen LogP contribution in [0, 0.1) is 11.5 Å². The number of guanidine groups is 1. The van der Waals surface area contributed by atoms with E-state index in [1.165, 1.54) is 11.8 Å². The van der Waals surface area contributed by atoms with E-state index in [0.29, 0.717) is 35.2 Å². The maximum Gasteiger partial charge on any atom is 0.328 e. The molecule has 0 aliphatic carbocycles. The average Bonchev–Trinajstić information content (AvgIpc) is 3.59. The number of amides is 2. The fourth-order valence-corrected chi connectivity index (χ4v) is 6.15. The lowest BCUT2D eigenvalue weighted by Crippen LogP contribution is -2.56. The smallest absolute Gasteiger partial charge is 0.328 e. The summed E-state index contributed by atoms with van der Waals surface area (Å²) in [5.41, 5.74) is 2.24. The summed E-state index contributed by atoms with van der Waals surface area (Å²) in [4.78, 5) is 45.5. The fourth-order valence-electron chi connectivity index (χ4n) is 5.39. The van der Waals surface area contributed by atoms with Crippen LogP contribution in [-0.4, -0.2) is 92.8 Å². The van der Waals surface area contributed by atoms with Crippen LogP contribution in [0.15, 0.2) is 46.0 Å². The number of carbonyl (C=O) groups excluding carboxylic acids is 2. The van der Waals surface area contributed by atoms with Crippen LogP contribution in [0.25, 0.3) is 11.0 Å². The van der Waals surface area contributed by atoms with E-state index in [4.69, 9.17) is 32.9 Å². The Hall–Kier alpha value is -4.35. The Balaban J connectivity index is 1.31. The number of furan rings is 1. The van der Waals surface area contributed by atoms with Gasteiger partial charge in [0.05, 0.1) is 40.1 Å². The molecule has 0 saturated carbocycles. The Labute approximate surface area is 261 Å². The number of aliphatic hydroxyl groups excluding tert-OH is 2. The van der Waals surface area contributed by atoms with E-state index < -0.39 is 36.2 Å². The number of β-amino-alcohol motifs (C(OH)–C–C–N with tert-alkyl or cyclic N) is 2. The molecule has 0 spiro atoms. The minimum absolute atomic E-state index is 0.0194. The maximum atomic E-state index is 13.4. The minimum atomic E-state index is -1.52. The van der Waals surface area contributed by atoms with Crippen LogP contribution in [0.2, 0.25) is 10.0 Å². The number of benzene rings is 2. The Morgan fingerprint density at radius 2 is 1.84 bits per heavy atom. The number of aliphatic hydroxyl groups is 2. The largest absolute Gasteiger partial charge is 0.480 e. The van der Waals surface area contributed by atoms with Crippen LogP contribution < -0.4 is 10.6 Å². The lowest BCUT2D eigenvalue weighted by molar-refractivity contribution is -0.139. The molecule has 2 amide bonds. The number of hydrogen-bond donors (Lipinski definition) is 5. The lowest BCUT2D eigenvalue weighted by Gasteiger charge is -2.31. The molecule has 3 heterocycles. The van der Waals surface area contributed by atoms with Gasteiger partial charge in [0, 0.05) is 37.1 Å². The van der Waals surface area contributed by atoms with Crippen molar-refractivity contribution in [1.29, 1.82) is 5.26 Å². The number of likely N-dealkylation sites (tertiary alicyclic amines) is 1. The number of nitrogens with zero attached hydrogens (tertiary/aromatic N) is 4. The molecular weight excluding hydrogens is 615 g/mol. The molecule has 44 heavy (non-hydrogen) atoms. The van der Waals surface area contributed by atoms with Crippen molar-refractivity contribution in [3.63, 3.8) is 0 Å². The van der Waals surface area contributed by atoms with Gasteiger partial charge in [-0.2, -0.15) is 5.26 Å². The number of fused-ring (bicyclic) bond motifs is 2. The molecule has 2 aromatic carbocycles. The number of aliphatic imine (C=N–C) groups is 1. The highest BCUT2D eigenvalue weighted by Crippen LogP contribution is 2.35. The second-order valence-corrected chi connectivity index (χ2v) is 11.4. The Morgan fingerprint density at radius 1 is 1.11 bits per heavy atom. The van der Waals surface area contributed by atoms with E-state index in [9.17, 15) is 29.7 Å². The van der Waals surface area contributed by atoms with Crippen molar-refractivity contribution in [2.45, 2.75) is 44.2 Å². The molecule has 5 N–H and O–H groups in total. The van der Waals surface area contributed by atoms with Gasteiger partial charge in [0.1, 0.15) is 11.6 Å². The first-order chi connectivity index (χ1) is 21.0.